The number of rotatable bonds is 5. The van der Waals surface area contributed by atoms with E-state index in [9.17, 15) is 9.59 Å². The minimum atomic E-state index is -1.46. The molecule has 2 rings (SSSR count). The van der Waals surface area contributed by atoms with Crippen molar-refractivity contribution in [3.63, 3.8) is 0 Å². The van der Waals surface area contributed by atoms with E-state index in [0.29, 0.717) is 18.0 Å². The number of aromatic nitrogens is 1. The quantitative estimate of drug-likeness (QED) is 0.675. The molecular formula is C16H15N3O3. The highest BCUT2D eigenvalue weighted by atomic mass is 16.3. The maximum atomic E-state index is 12.2. The lowest BCUT2D eigenvalue weighted by molar-refractivity contribution is -0.117. The molecule has 1 heterocycles. The molecule has 6 nitrogen and oxygen atoms in total. The van der Waals surface area contributed by atoms with Gasteiger partial charge < -0.3 is 9.73 Å². The van der Waals surface area contributed by atoms with Gasteiger partial charge in [-0.1, -0.05) is 19.1 Å². The molecule has 0 saturated heterocycles. The van der Waals surface area contributed by atoms with Crippen LogP contribution in [0.1, 0.15) is 28.9 Å². The maximum Gasteiger partial charge on any atom is 0.249 e. The van der Waals surface area contributed by atoms with Crippen LogP contribution in [0, 0.1) is 24.2 Å². The zero-order valence-electron chi connectivity index (χ0n) is 12.3. The molecule has 0 aliphatic carbocycles. The van der Waals surface area contributed by atoms with Crippen molar-refractivity contribution in [3.8, 4) is 6.07 Å². The number of nitrogens with one attached hydrogen (secondary N) is 1. The van der Waals surface area contributed by atoms with Crippen molar-refractivity contribution in [1.29, 1.82) is 5.26 Å². The van der Waals surface area contributed by atoms with Crippen LogP contribution in [-0.4, -0.2) is 16.7 Å². The number of amides is 1. The molecule has 1 atom stereocenters. The Kier molecular flexibility index (Phi) is 4.69. The zero-order chi connectivity index (χ0) is 16.1. The van der Waals surface area contributed by atoms with Crippen molar-refractivity contribution in [2.75, 3.05) is 5.32 Å². The summed E-state index contributed by atoms with van der Waals surface area (Å²) in [6.07, 6.45) is 1.70. The van der Waals surface area contributed by atoms with E-state index in [2.05, 4.69) is 10.3 Å². The van der Waals surface area contributed by atoms with Crippen molar-refractivity contribution in [3.05, 3.63) is 47.7 Å². The average molecular weight is 297 g/mol. The van der Waals surface area contributed by atoms with Crippen LogP contribution in [0.25, 0.3) is 0 Å². The van der Waals surface area contributed by atoms with Gasteiger partial charge in [0.25, 0.3) is 0 Å². The van der Waals surface area contributed by atoms with Crippen molar-refractivity contribution in [2.45, 2.75) is 20.3 Å². The topological polar surface area (TPSA) is 96.0 Å². The second kappa shape index (κ2) is 6.68. The number of oxazole rings is 1. The van der Waals surface area contributed by atoms with Crippen molar-refractivity contribution < 1.29 is 14.0 Å². The van der Waals surface area contributed by atoms with Gasteiger partial charge in [0.05, 0.1) is 6.07 Å². The normalized spacial score (nSPS) is 11.5. The molecule has 112 valence electrons. The SMILES string of the molecule is CCc1nc(C(=O)C(C#N)C(=O)Nc2cccc(C)c2)co1. The first-order chi connectivity index (χ1) is 10.5. The van der Waals surface area contributed by atoms with Crippen LogP contribution in [0.3, 0.4) is 0 Å². The molecule has 0 aliphatic heterocycles. The van der Waals surface area contributed by atoms with Gasteiger partial charge in [-0.05, 0) is 24.6 Å². The van der Waals surface area contributed by atoms with Crippen LogP contribution in [0.4, 0.5) is 5.69 Å². The van der Waals surface area contributed by atoms with E-state index in [1.165, 1.54) is 6.26 Å². The van der Waals surface area contributed by atoms with Crippen molar-refractivity contribution in [1.82, 2.24) is 4.98 Å². The fourth-order valence-electron chi connectivity index (χ4n) is 1.91. The summed E-state index contributed by atoms with van der Waals surface area (Å²) in [6, 6.07) is 8.82. The van der Waals surface area contributed by atoms with Crippen molar-refractivity contribution in [2.24, 2.45) is 5.92 Å². The number of carbonyl (C=O) groups excluding carboxylic acids is 2. The van der Waals surface area contributed by atoms with E-state index >= 15 is 0 Å². The van der Waals surface area contributed by atoms with Gasteiger partial charge in [-0.2, -0.15) is 5.26 Å². The van der Waals surface area contributed by atoms with E-state index in [0.717, 1.165) is 5.56 Å². The number of nitriles is 1. The van der Waals surface area contributed by atoms with E-state index in [1.807, 2.05) is 19.9 Å². The standard InChI is InChI=1S/C16H15N3O3/c1-3-14-19-13(9-22-14)15(20)12(8-17)16(21)18-11-6-4-5-10(2)7-11/h4-7,9,12H,3H2,1-2H3,(H,18,21). The van der Waals surface area contributed by atoms with E-state index in [1.54, 1.807) is 24.3 Å². The van der Waals surface area contributed by atoms with Gasteiger partial charge in [0.2, 0.25) is 11.7 Å². The third-order valence-corrected chi connectivity index (χ3v) is 3.05. The Labute approximate surface area is 127 Å². The van der Waals surface area contributed by atoms with E-state index < -0.39 is 17.6 Å². The molecule has 0 fully saturated rings. The number of hydrogen-bond donors (Lipinski definition) is 1. The first-order valence-electron chi connectivity index (χ1n) is 6.81. The molecule has 0 aliphatic rings. The Bertz CT molecular complexity index is 743. The molecule has 0 saturated carbocycles. The molecule has 1 amide bonds. The smallest absolute Gasteiger partial charge is 0.249 e. The number of ketones is 1. The third kappa shape index (κ3) is 3.38. The highest BCUT2D eigenvalue weighted by Gasteiger charge is 2.29. The van der Waals surface area contributed by atoms with Gasteiger partial charge in [0.1, 0.15) is 12.0 Å². The Hall–Kier alpha value is -2.94. The fourth-order valence-corrected chi connectivity index (χ4v) is 1.91. The molecule has 0 bridgehead atoms. The van der Waals surface area contributed by atoms with Gasteiger partial charge in [0, 0.05) is 12.1 Å². The van der Waals surface area contributed by atoms with E-state index in [4.69, 9.17) is 9.68 Å². The predicted octanol–water partition coefficient (Wildman–Crippen LogP) is 2.51. The maximum absolute atomic E-state index is 12.2. The summed E-state index contributed by atoms with van der Waals surface area (Å²) in [7, 11) is 0. The Morgan fingerprint density at radius 3 is 2.82 bits per heavy atom. The predicted molar refractivity (Wildman–Crippen MR) is 79.1 cm³/mol. The van der Waals surface area contributed by atoms with Gasteiger partial charge in [-0.3, -0.25) is 9.59 Å². The lowest BCUT2D eigenvalue weighted by Gasteiger charge is -2.08. The Morgan fingerprint density at radius 1 is 1.45 bits per heavy atom. The van der Waals surface area contributed by atoms with Gasteiger partial charge in [0.15, 0.2) is 11.8 Å². The molecule has 0 spiro atoms. The number of anilines is 1. The van der Waals surface area contributed by atoms with Gasteiger partial charge >= 0.3 is 0 Å². The summed E-state index contributed by atoms with van der Waals surface area (Å²) in [6.45, 7) is 3.70. The van der Waals surface area contributed by atoms with Crippen LogP contribution in [-0.2, 0) is 11.2 Å². The van der Waals surface area contributed by atoms with Crippen LogP contribution in [0.15, 0.2) is 34.9 Å². The number of nitrogens with zero attached hydrogens (tertiary/aromatic N) is 2. The first kappa shape index (κ1) is 15.4. The molecule has 2 aromatic rings. The summed E-state index contributed by atoms with van der Waals surface area (Å²) < 4.78 is 5.07. The molecular weight excluding hydrogens is 282 g/mol. The monoisotopic (exact) mass is 297 g/mol. The number of carbonyl (C=O) groups is 2. The molecule has 6 heteroatoms. The van der Waals surface area contributed by atoms with Crippen LogP contribution >= 0.6 is 0 Å². The number of aryl methyl sites for hydroxylation is 2. The summed E-state index contributed by atoms with van der Waals surface area (Å²) >= 11 is 0. The summed E-state index contributed by atoms with van der Waals surface area (Å²) in [5, 5.41) is 11.7. The highest BCUT2D eigenvalue weighted by molar-refractivity contribution is 6.14. The second-order valence-corrected chi connectivity index (χ2v) is 4.77. The highest BCUT2D eigenvalue weighted by Crippen LogP contribution is 2.14. The van der Waals surface area contributed by atoms with Crippen LogP contribution in [0.5, 0.6) is 0 Å². The Morgan fingerprint density at radius 2 is 2.23 bits per heavy atom. The molecule has 1 aromatic heterocycles. The molecule has 1 aromatic carbocycles. The van der Waals surface area contributed by atoms with E-state index in [-0.39, 0.29) is 5.69 Å². The van der Waals surface area contributed by atoms with Gasteiger partial charge in [-0.25, -0.2) is 4.98 Å². The zero-order valence-corrected chi connectivity index (χ0v) is 12.3. The number of hydrogen-bond acceptors (Lipinski definition) is 5. The molecule has 1 N–H and O–H groups in total. The lowest BCUT2D eigenvalue weighted by Crippen LogP contribution is -2.29. The lowest BCUT2D eigenvalue weighted by atomic mass is 10.0. The van der Waals surface area contributed by atoms with Crippen molar-refractivity contribution >= 4 is 17.4 Å². The largest absolute Gasteiger partial charge is 0.448 e. The number of benzene rings is 1. The third-order valence-electron chi connectivity index (χ3n) is 3.05. The summed E-state index contributed by atoms with van der Waals surface area (Å²) in [4.78, 5) is 28.3. The summed E-state index contributed by atoms with van der Waals surface area (Å²) in [5.74, 6) is -2.43. The fraction of sp³-hybridized carbons (Fsp3) is 0.250. The van der Waals surface area contributed by atoms with Gasteiger partial charge in [-0.15, -0.1) is 0 Å². The number of Topliss-reactive ketones (excluding diaryl/α,β-unsaturated/α-hetero) is 1. The average Bonchev–Trinajstić information content (AvgIpc) is 2.96. The molecule has 0 radical (unpaired) electrons. The second-order valence-electron chi connectivity index (χ2n) is 4.77. The minimum Gasteiger partial charge on any atom is -0.448 e. The summed E-state index contributed by atoms with van der Waals surface area (Å²) in [5.41, 5.74) is 1.48. The van der Waals surface area contributed by atoms with Crippen LogP contribution < -0.4 is 5.32 Å². The molecule has 1 unspecified atom stereocenters. The minimum absolute atomic E-state index is 0.0113. The Balaban J connectivity index is 2.15. The van der Waals surface area contributed by atoms with Crippen LogP contribution in [0.2, 0.25) is 0 Å². The molecule has 22 heavy (non-hydrogen) atoms. The first-order valence-corrected chi connectivity index (χ1v) is 6.81.